The summed E-state index contributed by atoms with van der Waals surface area (Å²) < 4.78 is 63.4. The fraction of sp³-hybridized carbons (Fsp3) is 0.889. The first-order chi connectivity index (χ1) is 34.4. The molecule has 0 heterocycles. The van der Waals surface area contributed by atoms with E-state index >= 15 is 0 Å². The van der Waals surface area contributed by atoms with Gasteiger partial charge in [0.05, 0.1) is 24.9 Å². The molecule has 0 bridgehead atoms. The van der Waals surface area contributed by atoms with E-state index in [-0.39, 0.29) is 45.5 Å². The number of rotatable bonds is 28. The molecule has 3 N–H and O–H groups in total. The van der Waals surface area contributed by atoms with Gasteiger partial charge in [0, 0.05) is 32.7 Å². The zero-order valence-electron chi connectivity index (χ0n) is 50.7. The van der Waals surface area contributed by atoms with Gasteiger partial charge in [0.15, 0.2) is 0 Å². The predicted octanol–water partition coefficient (Wildman–Crippen LogP) is 11.3. The lowest BCUT2D eigenvalue weighted by Gasteiger charge is -2.41. The molecule has 446 valence electrons. The molecule has 0 rings (SSSR count). The average Bonchev–Trinajstić information content (AvgIpc) is 3.18. The third kappa shape index (κ3) is 36.5. The molecule has 76 heavy (non-hydrogen) atoms. The van der Waals surface area contributed by atoms with Gasteiger partial charge in [-0.25, -0.2) is 28.8 Å². The van der Waals surface area contributed by atoms with Crippen LogP contribution in [-0.2, 0) is 42.7 Å². The lowest BCUT2D eigenvalue weighted by molar-refractivity contribution is -0.00195. The Morgan fingerprint density at radius 1 is 0.447 bits per heavy atom. The molecule has 0 spiro atoms. The van der Waals surface area contributed by atoms with Gasteiger partial charge in [-0.05, 0) is 182 Å². The monoisotopic (exact) mass is 1110 g/mol. The molecule has 0 radical (unpaired) electrons. The van der Waals surface area contributed by atoms with E-state index in [0.29, 0.717) is 64.5 Å². The molecule has 0 fully saturated rings. The van der Waals surface area contributed by atoms with Gasteiger partial charge < -0.3 is 54.2 Å². The third-order valence-corrected chi connectivity index (χ3v) is 10.9. The smallest absolute Gasteiger partial charge is 0.411 e. The predicted molar refractivity (Wildman–Crippen MR) is 294 cm³/mol. The van der Waals surface area contributed by atoms with Crippen LogP contribution in [0.3, 0.4) is 0 Å². The van der Waals surface area contributed by atoms with Crippen molar-refractivity contribution >= 4 is 46.7 Å². The van der Waals surface area contributed by atoms with Gasteiger partial charge in [0.1, 0.15) is 39.8 Å². The minimum Gasteiger partial charge on any atom is -0.444 e. The van der Waals surface area contributed by atoms with Crippen LogP contribution in [-0.4, -0.2) is 157 Å². The Morgan fingerprint density at radius 2 is 0.829 bits per heavy atom. The van der Waals surface area contributed by atoms with Crippen molar-refractivity contribution in [2.75, 3.05) is 45.6 Å². The van der Waals surface area contributed by atoms with Crippen LogP contribution >= 0.6 is 0 Å². The number of ether oxygens (including phenoxy) is 6. The Morgan fingerprint density at radius 3 is 1.24 bits per heavy atom. The molecule has 4 atom stereocenters. The molecular formula is C54H104N6O15S. The normalized spacial score (nSPS) is 14.2. The molecular weight excluding hydrogens is 1000 g/mol. The van der Waals surface area contributed by atoms with Crippen LogP contribution < -0.4 is 16.0 Å². The fourth-order valence-corrected chi connectivity index (χ4v) is 8.08. The summed E-state index contributed by atoms with van der Waals surface area (Å²) in [6.45, 7) is 36.1. The molecule has 0 aliphatic heterocycles. The van der Waals surface area contributed by atoms with E-state index in [0.717, 1.165) is 6.26 Å². The van der Waals surface area contributed by atoms with Gasteiger partial charge in [0.25, 0.3) is 10.1 Å². The summed E-state index contributed by atoms with van der Waals surface area (Å²) in [5, 5.41) is 9.02. The van der Waals surface area contributed by atoms with E-state index in [4.69, 9.17) is 32.6 Å². The van der Waals surface area contributed by atoms with E-state index < -0.39 is 104 Å². The lowest BCUT2D eigenvalue weighted by Crippen LogP contribution is -2.60. The van der Waals surface area contributed by atoms with Crippen molar-refractivity contribution in [1.82, 2.24) is 30.7 Å². The molecule has 0 aromatic rings. The van der Waals surface area contributed by atoms with Crippen molar-refractivity contribution in [3.05, 3.63) is 0 Å². The van der Waals surface area contributed by atoms with Gasteiger partial charge in [-0.2, -0.15) is 8.42 Å². The average molecular weight is 1110 g/mol. The Balaban J connectivity index is 8.26. The van der Waals surface area contributed by atoms with Crippen LogP contribution in [0.2, 0.25) is 0 Å². The topological polar surface area (TPSA) is 247 Å². The Labute approximate surface area is 458 Å². The summed E-state index contributed by atoms with van der Waals surface area (Å²) in [5.41, 5.74) is -5.38. The van der Waals surface area contributed by atoms with Crippen molar-refractivity contribution in [3.63, 3.8) is 0 Å². The number of hydrogen-bond acceptors (Lipinski definition) is 15. The molecule has 22 heteroatoms. The molecule has 0 saturated heterocycles. The highest BCUT2D eigenvalue weighted by atomic mass is 32.2. The van der Waals surface area contributed by atoms with E-state index in [9.17, 15) is 37.2 Å². The molecule has 0 aliphatic carbocycles. The van der Waals surface area contributed by atoms with Crippen molar-refractivity contribution in [1.29, 1.82) is 0 Å². The summed E-state index contributed by atoms with van der Waals surface area (Å²) >= 11 is 0. The van der Waals surface area contributed by atoms with Crippen LogP contribution in [0.25, 0.3) is 0 Å². The first-order valence-electron chi connectivity index (χ1n) is 27.2. The van der Waals surface area contributed by atoms with Crippen LogP contribution in [0.5, 0.6) is 0 Å². The second kappa shape index (κ2) is 31.8. The molecule has 6 amide bonds. The fourth-order valence-electron chi connectivity index (χ4n) is 7.66. The molecule has 21 nitrogen and oxygen atoms in total. The van der Waals surface area contributed by atoms with E-state index in [2.05, 4.69) is 16.0 Å². The van der Waals surface area contributed by atoms with E-state index in [1.807, 2.05) is 13.8 Å². The highest BCUT2D eigenvalue weighted by Crippen LogP contribution is 2.27. The number of nitrogens with zero attached hydrogens (tertiary/aromatic N) is 3. The van der Waals surface area contributed by atoms with Gasteiger partial charge in [-0.15, -0.1) is 0 Å². The number of carbonyl (C=O) groups is 6. The molecule has 0 aromatic carbocycles. The Hall–Kier alpha value is -4.47. The van der Waals surface area contributed by atoms with E-state index in [1.165, 1.54) is 4.90 Å². The Kier molecular flexibility index (Phi) is 29.9. The SMILES string of the molecule is CCCN(CCCC(NC(=O)OC(C)(C)C)C(NC(=O)OC(C)(C)C)C(CCCCCCOS(C)(=O)=O)CN(C(=O)OC(C)(C)C)C(CCCN(CCC)C(=O)OC(C)(C)C)NC(=O)OC(C)(C)C)C(=O)OC(C)(C)C. The second-order valence-electron chi connectivity index (χ2n) is 25.4. The number of hydrogen-bond donors (Lipinski definition) is 3. The number of alkyl carbamates (subject to hydrolysis) is 3. The van der Waals surface area contributed by atoms with Crippen molar-refractivity contribution in [2.45, 2.75) is 261 Å². The zero-order chi connectivity index (χ0) is 59.1. The van der Waals surface area contributed by atoms with Gasteiger partial charge in [0.2, 0.25) is 0 Å². The minimum absolute atomic E-state index is 0.0145. The molecule has 0 aliphatic rings. The zero-order valence-corrected chi connectivity index (χ0v) is 51.5. The Bertz CT molecular complexity index is 1890. The number of amides is 6. The first-order valence-corrected chi connectivity index (χ1v) is 29.0. The van der Waals surface area contributed by atoms with Crippen LogP contribution in [0.1, 0.15) is 209 Å². The van der Waals surface area contributed by atoms with Crippen molar-refractivity contribution < 1.29 is 69.8 Å². The third-order valence-electron chi connectivity index (χ3n) is 10.4. The summed E-state index contributed by atoms with van der Waals surface area (Å²) in [5.74, 6) is -0.758. The van der Waals surface area contributed by atoms with Crippen LogP contribution in [0.15, 0.2) is 0 Å². The number of nitrogens with one attached hydrogen (secondary N) is 3. The van der Waals surface area contributed by atoms with Crippen molar-refractivity contribution in [3.8, 4) is 0 Å². The van der Waals surface area contributed by atoms with Gasteiger partial charge in [-0.3, -0.25) is 9.08 Å². The lowest BCUT2D eigenvalue weighted by atomic mass is 9.85. The second-order valence-corrected chi connectivity index (χ2v) is 27.1. The quantitative estimate of drug-likeness (QED) is 0.0285. The highest BCUT2D eigenvalue weighted by Gasteiger charge is 2.40. The van der Waals surface area contributed by atoms with Crippen molar-refractivity contribution in [2.24, 2.45) is 5.92 Å². The highest BCUT2D eigenvalue weighted by molar-refractivity contribution is 7.85. The van der Waals surface area contributed by atoms with Gasteiger partial charge >= 0.3 is 36.6 Å². The maximum absolute atomic E-state index is 14.9. The van der Waals surface area contributed by atoms with Crippen LogP contribution in [0.4, 0.5) is 28.8 Å². The van der Waals surface area contributed by atoms with E-state index in [1.54, 1.807) is 134 Å². The van der Waals surface area contributed by atoms with Gasteiger partial charge in [-0.1, -0.05) is 33.1 Å². The summed E-state index contributed by atoms with van der Waals surface area (Å²) in [4.78, 5) is 88.4. The summed E-state index contributed by atoms with van der Waals surface area (Å²) in [6.07, 6.45) is 0.0533. The standard InChI is InChI=1S/C54H104N6O15S/c1-22-33-58(46(64)73-52(12,13)14)35-28-31-40(55-43(61)70-49(3,4)5)42(57-45(63)72-51(9,10)11)39(30-26-24-25-27-37-69-76(21,67)68)38-60(48(66)75-54(18,19)20)41(56-44(62)71-50(6,7)8)32-29-36-59(34-23-2)47(65)74-53(15,16)17/h39-42H,22-38H2,1-21H3,(H,55,61)(H,56,62)(H,57,63). The molecule has 0 aromatic heterocycles. The molecule has 0 saturated carbocycles. The van der Waals surface area contributed by atoms with Crippen LogP contribution in [0, 0.1) is 5.92 Å². The minimum atomic E-state index is -3.65. The number of unbranched alkanes of at least 4 members (excludes halogenated alkanes) is 3. The summed E-state index contributed by atoms with van der Waals surface area (Å²) in [6, 6.07) is -1.97. The maximum atomic E-state index is 14.9. The largest absolute Gasteiger partial charge is 0.444 e. The maximum Gasteiger partial charge on any atom is 0.411 e. The number of carbonyl (C=O) groups excluding carboxylic acids is 6. The molecule has 4 unspecified atom stereocenters. The summed E-state index contributed by atoms with van der Waals surface area (Å²) in [7, 11) is -3.65. The first kappa shape index (κ1) is 71.5.